The summed E-state index contributed by atoms with van der Waals surface area (Å²) in [5, 5.41) is 0. The summed E-state index contributed by atoms with van der Waals surface area (Å²) in [6, 6.07) is 58.5. The molecule has 0 saturated heterocycles. The molecule has 10 aromatic rings. The molecule has 0 spiro atoms. The molecule has 71 heavy (non-hydrogen) atoms. The number of aromatic nitrogens is 3. The van der Waals surface area contributed by atoms with Crippen LogP contribution in [0.4, 0.5) is 0 Å². The Morgan fingerprint density at radius 1 is 0.549 bits per heavy atom. The first kappa shape index (κ1) is 35.9. The maximum Gasteiger partial charge on any atom is 2.00 e. The van der Waals surface area contributed by atoms with Crippen molar-refractivity contribution in [3.05, 3.63) is 223 Å². The van der Waals surface area contributed by atoms with Crippen LogP contribution in [0.15, 0.2) is 182 Å². The third-order valence-corrected chi connectivity index (χ3v) is 13.0. The summed E-state index contributed by atoms with van der Waals surface area (Å²) in [5.41, 5.74) is 10.4. The number of rotatable bonds is 9. The van der Waals surface area contributed by atoms with Crippen molar-refractivity contribution in [2.75, 3.05) is 0 Å². The van der Waals surface area contributed by atoms with Gasteiger partial charge in [-0.05, 0) is 123 Å². The van der Waals surface area contributed by atoms with Gasteiger partial charge in [-0.1, -0.05) is 191 Å². The van der Waals surface area contributed by atoms with Crippen LogP contribution in [0.3, 0.4) is 0 Å². The average Bonchev–Trinajstić information content (AvgIpc) is 2.29. The van der Waals surface area contributed by atoms with Gasteiger partial charge in [0.05, 0.1) is 28.0 Å². The molecule has 0 aliphatic rings. The Bertz CT molecular complexity index is 3970. The van der Waals surface area contributed by atoms with Crippen LogP contribution < -0.4 is 4.74 Å². The summed E-state index contributed by atoms with van der Waals surface area (Å²) < 4.78 is 109. The molecule has 0 aliphatic carbocycles. The third-order valence-electron chi connectivity index (χ3n) is 13.0. The van der Waals surface area contributed by atoms with Gasteiger partial charge in [-0.3, -0.25) is 9.55 Å². The molecule has 0 aliphatic heterocycles. The van der Waals surface area contributed by atoms with E-state index in [0.29, 0.717) is 72.9 Å². The normalized spacial score (nSPS) is 14.9. The van der Waals surface area contributed by atoms with Gasteiger partial charge in [0, 0.05) is 33.9 Å². The second-order valence-electron chi connectivity index (χ2n) is 19.0. The SMILES string of the molecule is [2H]C([2H])([2H])c1cc(-n2c(-c3cc(C)cc(C)c3O[CH2-])nc3c(-c4[c-]c(-c5cc(-c6ccc(C(C([2H])([2H])[2H])(C([2H])([2H])[2H])C([2H])([2H])[2H])cc6)ccn5)cc(-c5ccccc5)c4)cccc32)c(-c2ccc(C(C)(C)C)cc2)cc1-c1ccccc1.[Pt+2]. The Morgan fingerprint density at radius 2 is 1.18 bits per heavy atom. The zero-order valence-electron chi connectivity index (χ0n) is 52.1. The fraction of sp³-hybridized carbons (Fsp3) is 0.167. The monoisotopic (exact) mass is 1120 g/mol. The van der Waals surface area contributed by atoms with Crippen molar-refractivity contribution >= 4 is 11.0 Å². The van der Waals surface area contributed by atoms with E-state index in [4.69, 9.17) is 31.2 Å². The summed E-state index contributed by atoms with van der Waals surface area (Å²) >= 11 is 0. The summed E-state index contributed by atoms with van der Waals surface area (Å²) in [6.45, 7) is -2.30. The predicted octanol–water partition coefficient (Wildman–Crippen LogP) is 17.6. The summed E-state index contributed by atoms with van der Waals surface area (Å²) in [5.74, 6) is 0.987. The molecule has 0 fully saturated rings. The summed E-state index contributed by atoms with van der Waals surface area (Å²) in [7, 11) is 3.90. The van der Waals surface area contributed by atoms with E-state index >= 15 is 0 Å². The first-order valence-electron chi connectivity index (χ1n) is 29.2. The first-order valence-corrected chi connectivity index (χ1v) is 23.2. The van der Waals surface area contributed by atoms with Crippen LogP contribution >= 0.6 is 0 Å². The van der Waals surface area contributed by atoms with E-state index in [1.165, 1.54) is 24.3 Å². The van der Waals surface area contributed by atoms with Crippen molar-refractivity contribution in [1.82, 2.24) is 14.5 Å². The molecule has 10 rings (SSSR count). The molecule has 0 unspecified atom stereocenters. The number of fused-ring (bicyclic) bond motifs is 1. The van der Waals surface area contributed by atoms with Crippen LogP contribution in [0.1, 0.15) is 85.6 Å². The van der Waals surface area contributed by atoms with Gasteiger partial charge in [0.1, 0.15) is 5.82 Å². The van der Waals surface area contributed by atoms with Crippen LogP contribution in [-0.4, -0.2) is 14.5 Å². The van der Waals surface area contributed by atoms with E-state index in [1.807, 2.05) is 134 Å². The number of aryl methyl sites for hydroxylation is 3. The molecule has 2 heterocycles. The van der Waals surface area contributed by atoms with Gasteiger partial charge in [0.15, 0.2) is 0 Å². The zero-order chi connectivity index (χ0) is 58.9. The minimum atomic E-state index is -3.40. The van der Waals surface area contributed by atoms with Gasteiger partial charge in [-0.15, -0.1) is 23.8 Å². The number of para-hydroxylation sites is 1. The van der Waals surface area contributed by atoms with E-state index in [2.05, 4.69) is 58.2 Å². The number of benzene rings is 8. The molecule has 0 saturated carbocycles. The number of pyridine rings is 1. The number of nitrogens with zero attached hydrogens (tertiary/aromatic N) is 3. The van der Waals surface area contributed by atoms with Crippen molar-refractivity contribution < 1.29 is 42.3 Å². The largest absolute Gasteiger partial charge is 2.00 e. The van der Waals surface area contributed by atoms with Crippen LogP contribution in [0.2, 0.25) is 0 Å². The van der Waals surface area contributed by atoms with Crippen LogP contribution in [0.5, 0.6) is 5.75 Å². The molecule has 8 aromatic carbocycles. The van der Waals surface area contributed by atoms with Gasteiger partial charge in [0.25, 0.3) is 0 Å². The van der Waals surface area contributed by atoms with E-state index in [9.17, 15) is 0 Å². The minimum absolute atomic E-state index is 0. The molecular weight excluding hydrogens is 1050 g/mol. The van der Waals surface area contributed by atoms with Crippen molar-refractivity contribution in [1.29, 1.82) is 0 Å². The fourth-order valence-corrected chi connectivity index (χ4v) is 9.38. The second kappa shape index (κ2) is 19.6. The van der Waals surface area contributed by atoms with Gasteiger partial charge in [0.2, 0.25) is 0 Å². The number of ether oxygens (including phenoxy) is 1. The van der Waals surface area contributed by atoms with Gasteiger partial charge in [-0.25, -0.2) is 4.98 Å². The molecule has 2 aromatic heterocycles. The fourth-order valence-electron chi connectivity index (χ4n) is 9.38. The van der Waals surface area contributed by atoms with Gasteiger partial charge < -0.3 is 4.74 Å². The number of hydrogen-bond acceptors (Lipinski definition) is 3. The standard InChI is InChI=1S/C66H59N3O.Pt/c1-42-34-44(3)63(70-10)58(35-42)64-68-62-55(51-37-50(45-18-13-11-14-19-45)38-52(39-51)59-40-49(32-33-67-59)46-24-28-53(29-25-46)65(4,5)6)22-17-23-60(62)69(64)61-36-43(2)56(47-20-15-12-16-21-47)41-57(61)48-26-30-54(31-27-48)66(7,8)9;/h11-38,40-41H,10H2,1-9H3;/q-2;+2/i2D3,4D3,5D3,6D3;. The topological polar surface area (TPSA) is 39.9 Å². The molecular formula is C66H59N3OPt. The maximum absolute atomic E-state index is 9.06. The quantitative estimate of drug-likeness (QED) is 0.135. The van der Waals surface area contributed by atoms with E-state index in [0.717, 1.165) is 44.5 Å². The van der Waals surface area contributed by atoms with Crippen molar-refractivity contribution in [2.24, 2.45) is 0 Å². The molecule has 0 radical (unpaired) electrons. The van der Waals surface area contributed by atoms with E-state index in [-0.39, 0.29) is 37.6 Å². The Balaban J connectivity index is 0.00000828. The predicted molar refractivity (Wildman–Crippen MR) is 293 cm³/mol. The molecule has 5 heteroatoms. The minimum Gasteiger partial charge on any atom is -0.665 e. The third kappa shape index (κ3) is 9.71. The summed E-state index contributed by atoms with van der Waals surface area (Å²) in [4.78, 5) is 10.4. The smallest absolute Gasteiger partial charge is 0.665 e. The maximum atomic E-state index is 9.06. The molecule has 0 atom stereocenters. The van der Waals surface area contributed by atoms with Crippen LogP contribution in [0.25, 0.3) is 95.0 Å². The van der Waals surface area contributed by atoms with Crippen molar-refractivity contribution in [3.63, 3.8) is 0 Å². The number of hydrogen-bond donors (Lipinski definition) is 0. The molecule has 354 valence electrons. The molecule has 4 nitrogen and oxygen atoms in total. The molecule has 0 N–H and O–H groups in total. The molecule has 0 amide bonds. The first-order chi connectivity index (χ1) is 38.6. The zero-order valence-corrected chi connectivity index (χ0v) is 42.4. The van der Waals surface area contributed by atoms with Gasteiger partial charge in [-0.2, -0.15) is 7.11 Å². The second-order valence-corrected chi connectivity index (χ2v) is 19.0. The Kier molecular flexibility index (Phi) is 9.90. The van der Waals surface area contributed by atoms with Crippen molar-refractivity contribution in [2.45, 2.75) is 72.9 Å². The summed E-state index contributed by atoms with van der Waals surface area (Å²) in [6.07, 6.45) is 1.63. The van der Waals surface area contributed by atoms with Crippen LogP contribution in [-0.2, 0) is 31.9 Å². The Morgan fingerprint density at radius 3 is 1.85 bits per heavy atom. The average molecular weight is 1120 g/mol. The van der Waals surface area contributed by atoms with Gasteiger partial charge >= 0.3 is 21.1 Å². The van der Waals surface area contributed by atoms with E-state index < -0.39 is 32.8 Å². The number of imidazole rings is 1. The van der Waals surface area contributed by atoms with Crippen molar-refractivity contribution in [3.8, 4) is 89.7 Å². The van der Waals surface area contributed by atoms with E-state index in [1.54, 1.807) is 18.3 Å². The Labute approximate surface area is 451 Å². The Hall–Kier alpha value is -7.13. The molecule has 0 bridgehead atoms. The van der Waals surface area contributed by atoms with Crippen LogP contribution in [0, 0.1) is 33.9 Å².